The van der Waals surface area contributed by atoms with E-state index in [9.17, 15) is 22.8 Å². The smallest absolute Gasteiger partial charge is 0.381 e. The molecule has 40 heavy (non-hydrogen) atoms. The molecule has 1 fully saturated rings. The summed E-state index contributed by atoms with van der Waals surface area (Å²) in [6.45, 7) is 3.74. The number of halogens is 4. The molecule has 1 aliphatic carbocycles. The fourth-order valence-corrected chi connectivity index (χ4v) is 4.55. The van der Waals surface area contributed by atoms with Gasteiger partial charge in [0.25, 0.3) is 11.1 Å². The SMILES string of the molecule is Cc1cc(NC2CC2)nc(-c2cc3ccn(CCC[C@H](C)Nc4cn[nH]c(=O)c4C(F)(F)F)c(=O)c3cc2F)n1. The van der Waals surface area contributed by atoms with Crippen LogP contribution in [0.2, 0.25) is 0 Å². The molecule has 0 unspecified atom stereocenters. The normalized spacial score (nSPS) is 14.3. The fraction of sp³-hybridized carbons (Fsp3) is 0.370. The quantitative estimate of drug-likeness (QED) is 0.252. The van der Waals surface area contributed by atoms with Gasteiger partial charge in [-0.1, -0.05) is 0 Å². The van der Waals surface area contributed by atoms with Crippen molar-refractivity contribution in [2.24, 2.45) is 0 Å². The number of pyridine rings is 1. The Hall–Kier alpha value is -4.29. The maximum absolute atomic E-state index is 15.2. The Balaban J connectivity index is 1.30. The first-order valence-corrected chi connectivity index (χ1v) is 12.9. The summed E-state index contributed by atoms with van der Waals surface area (Å²) in [5.74, 6) is 0.251. The molecular formula is C27H27F4N7O2. The van der Waals surface area contributed by atoms with Crippen LogP contribution in [0.1, 0.15) is 43.9 Å². The maximum Gasteiger partial charge on any atom is 0.423 e. The van der Waals surface area contributed by atoms with Gasteiger partial charge < -0.3 is 15.2 Å². The number of aromatic nitrogens is 5. The number of hydrogen-bond donors (Lipinski definition) is 3. The summed E-state index contributed by atoms with van der Waals surface area (Å²) in [4.78, 5) is 33.6. The second kappa shape index (κ2) is 10.7. The number of rotatable bonds is 9. The first kappa shape index (κ1) is 27.3. The number of benzene rings is 1. The summed E-state index contributed by atoms with van der Waals surface area (Å²) in [6.07, 6.45) is 0.640. The number of hydrogen-bond acceptors (Lipinski definition) is 7. The zero-order valence-corrected chi connectivity index (χ0v) is 21.8. The molecule has 1 aliphatic rings. The van der Waals surface area contributed by atoms with Crippen molar-refractivity contribution < 1.29 is 17.6 Å². The van der Waals surface area contributed by atoms with E-state index in [2.05, 4.69) is 25.7 Å². The van der Waals surface area contributed by atoms with Crippen molar-refractivity contribution in [2.75, 3.05) is 10.6 Å². The van der Waals surface area contributed by atoms with E-state index in [4.69, 9.17) is 0 Å². The third kappa shape index (κ3) is 5.97. The molecule has 210 valence electrons. The third-order valence-corrected chi connectivity index (χ3v) is 6.67. The lowest BCUT2D eigenvalue weighted by Gasteiger charge is -2.18. The molecule has 1 saturated carbocycles. The highest BCUT2D eigenvalue weighted by atomic mass is 19.4. The molecule has 0 spiro atoms. The molecule has 3 heterocycles. The van der Waals surface area contributed by atoms with Crippen LogP contribution in [-0.2, 0) is 12.7 Å². The minimum atomic E-state index is -4.84. The van der Waals surface area contributed by atoms with E-state index in [1.165, 1.54) is 10.6 Å². The molecule has 5 rings (SSSR count). The minimum Gasteiger partial charge on any atom is -0.381 e. The van der Waals surface area contributed by atoms with Gasteiger partial charge in [0.05, 0.1) is 22.8 Å². The monoisotopic (exact) mass is 557 g/mol. The van der Waals surface area contributed by atoms with Crippen molar-refractivity contribution in [3.8, 4) is 11.4 Å². The Morgan fingerprint density at radius 2 is 1.95 bits per heavy atom. The van der Waals surface area contributed by atoms with Crippen molar-refractivity contribution >= 4 is 22.3 Å². The summed E-state index contributed by atoms with van der Waals surface area (Å²) >= 11 is 0. The maximum atomic E-state index is 15.2. The molecule has 3 aromatic heterocycles. The van der Waals surface area contributed by atoms with Crippen LogP contribution in [0.15, 0.2) is 46.2 Å². The number of nitrogens with zero attached hydrogens (tertiary/aromatic N) is 4. The van der Waals surface area contributed by atoms with Gasteiger partial charge in [0, 0.05) is 36.6 Å². The van der Waals surface area contributed by atoms with Gasteiger partial charge in [-0.15, -0.1) is 0 Å². The number of aryl methyl sites for hydroxylation is 2. The molecule has 0 radical (unpaired) electrons. The van der Waals surface area contributed by atoms with Crippen LogP contribution in [0, 0.1) is 12.7 Å². The van der Waals surface area contributed by atoms with Crippen molar-refractivity contribution in [3.05, 3.63) is 74.4 Å². The summed E-state index contributed by atoms with van der Waals surface area (Å²) in [5, 5.41) is 12.0. The zero-order chi connectivity index (χ0) is 28.6. The van der Waals surface area contributed by atoms with Crippen molar-refractivity contribution in [2.45, 2.75) is 64.3 Å². The Bertz CT molecular complexity index is 1680. The topological polar surface area (TPSA) is 118 Å². The lowest BCUT2D eigenvalue weighted by molar-refractivity contribution is -0.138. The number of nitrogens with one attached hydrogen (secondary N) is 3. The largest absolute Gasteiger partial charge is 0.423 e. The summed E-state index contributed by atoms with van der Waals surface area (Å²) in [6, 6.07) is 6.18. The number of fused-ring (bicyclic) bond motifs is 1. The van der Waals surface area contributed by atoms with Gasteiger partial charge in [-0.3, -0.25) is 9.59 Å². The van der Waals surface area contributed by atoms with E-state index in [0.717, 1.165) is 19.0 Å². The Morgan fingerprint density at radius 1 is 1.18 bits per heavy atom. The van der Waals surface area contributed by atoms with Gasteiger partial charge in [-0.2, -0.15) is 18.3 Å². The second-order valence-electron chi connectivity index (χ2n) is 10.0. The van der Waals surface area contributed by atoms with Crippen LogP contribution in [0.4, 0.5) is 29.1 Å². The summed E-state index contributed by atoms with van der Waals surface area (Å²) < 4.78 is 56.5. The number of H-pyrrole nitrogens is 1. The van der Waals surface area contributed by atoms with E-state index < -0.39 is 34.8 Å². The second-order valence-corrected chi connectivity index (χ2v) is 10.0. The zero-order valence-electron chi connectivity index (χ0n) is 21.8. The van der Waals surface area contributed by atoms with Crippen LogP contribution in [0.3, 0.4) is 0 Å². The number of aromatic amines is 1. The van der Waals surface area contributed by atoms with Crippen LogP contribution in [0.5, 0.6) is 0 Å². The highest BCUT2D eigenvalue weighted by molar-refractivity contribution is 5.86. The highest BCUT2D eigenvalue weighted by Gasteiger charge is 2.37. The molecule has 0 bridgehead atoms. The first-order chi connectivity index (χ1) is 19.0. The standard InChI is InChI=1S/C27H27F4N7O2/c1-14(33-21-13-32-37-25(39)23(21)27(29,30)31)4-3-8-38-9-7-16-11-19(20(28)12-18(16)26(38)40)24-34-15(2)10-22(36-24)35-17-5-6-17/h7,9-14,17H,3-6,8H2,1-2H3,(H2,33,37,39)(H,34,35,36)/t14-/m0/s1. The van der Waals surface area contributed by atoms with E-state index in [1.54, 1.807) is 30.4 Å². The molecule has 13 heteroatoms. The fourth-order valence-electron chi connectivity index (χ4n) is 4.55. The summed E-state index contributed by atoms with van der Waals surface area (Å²) in [5.41, 5.74) is -2.58. The van der Waals surface area contributed by atoms with Crippen LogP contribution in [-0.4, -0.2) is 36.8 Å². The molecule has 1 aromatic carbocycles. The minimum absolute atomic E-state index is 0.194. The van der Waals surface area contributed by atoms with Crippen molar-refractivity contribution in [3.63, 3.8) is 0 Å². The van der Waals surface area contributed by atoms with E-state index in [1.807, 2.05) is 13.0 Å². The Morgan fingerprint density at radius 3 is 2.67 bits per heavy atom. The van der Waals surface area contributed by atoms with Gasteiger partial charge in [0.2, 0.25) is 0 Å². The third-order valence-electron chi connectivity index (χ3n) is 6.67. The average molecular weight is 558 g/mol. The van der Waals surface area contributed by atoms with Gasteiger partial charge in [-0.05, 0) is 63.1 Å². The van der Waals surface area contributed by atoms with E-state index >= 15 is 4.39 Å². The lowest BCUT2D eigenvalue weighted by atomic mass is 10.1. The van der Waals surface area contributed by atoms with Gasteiger partial charge in [0.1, 0.15) is 17.2 Å². The lowest BCUT2D eigenvalue weighted by Crippen LogP contribution is -2.27. The van der Waals surface area contributed by atoms with Crippen LogP contribution < -0.4 is 21.8 Å². The molecule has 0 aliphatic heterocycles. The van der Waals surface area contributed by atoms with E-state index in [0.29, 0.717) is 35.8 Å². The van der Waals surface area contributed by atoms with Crippen LogP contribution in [0.25, 0.3) is 22.2 Å². The van der Waals surface area contributed by atoms with Gasteiger partial charge >= 0.3 is 6.18 Å². The predicted molar refractivity (Wildman–Crippen MR) is 143 cm³/mol. The molecular weight excluding hydrogens is 530 g/mol. The molecule has 3 N–H and O–H groups in total. The van der Waals surface area contributed by atoms with Crippen molar-refractivity contribution in [1.29, 1.82) is 0 Å². The van der Waals surface area contributed by atoms with Crippen molar-refractivity contribution in [1.82, 2.24) is 24.7 Å². The van der Waals surface area contributed by atoms with E-state index in [-0.39, 0.29) is 28.9 Å². The van der Waals surface area contributed by atoms with Crippen LogP contribution >= 0.6 is 0 Å². The molecule has 0 saturated heterocycles. The Labute approximate surface area is 225 Å². The first-order valence-electron chi connectivity index (χ1n) is 12.9. The van der Waals surface area contributed by atoms with Gasteiger partial charge in [-0.25, -0.2) is 19.5 Å². The molecule has 4 aromatic rings. The Kier molecular flexibility index (Phi) is 7.30. The summed E-state index contributed by atoms with van der Waals surface area (Å²) in [7, 11) is 0. The predicted octanol–water partition coefficient (Wildman–Crippen LogP) is 4.86. The molecule has 1 atom stereocenters. The highest BCUT2D eigenvalue weighted by Crippen LogP contribution is 2.32. The number of anilines is 2. The molecule has 9 nitrogen and oxygen atoms in total. The number of alkyl halides is 3. The average Bonchev–Trinajstić information content (AvgIpc) is 3.68. The molecule has 0 amide bonds. The van der Waals surface area contributed by atoms with Gasteiger partial charge in [0.15, 0.2) is 5.82 Å².